The highest BCUT2D eigenvalue weighted by molar-refractivity contribution is 5.77. The van der Waals surface area contributed by atoms with Crippen molar-refractivity contribution in [3.05, 3.63) is 51.6 Å². The van der Waals surface area contributed by atoms with E-state index in [1.807, 2.05) is 19.9 Å². The number of fused-ring (bicyclic) bond motifs is 6. The number of likely N-dealkylation sites (tertiary alicyclic amines) is 1. The fourth-order valence-corrected chi connectivity index (χ4v) is 7.00. The van der Waals surface area contributed by atoms with Crippen LogP contribution in [0, 0.1) is 25.7 Å². The Morgan fingerprint density at radius 3 is 2.82 bits per heavy atom. The third-order valence-corrected chi connectivity index (χ3v) is 8.34. The first-order valence-corrected chi connectivity index (χ1v) is 12.8. The number of rotatable bonds is 3. The lowest BCUT2D eigenvalue weighted by atomic mass is 9.68. The highest BCUT2D eigenvalue weighted by Gasteiger charge is 2.46. The fraction of sp³-hybridized carbons (Fsp3) is 0.615. The van der Waals surface area contributed by atoms with Crippen LogP contribution in [-0.4, -0.2) is 67.0 Å². The van der Waals surface area contributed by atoms with Crippen LogP contribution < -0.4 is 5.56 Å². The maximum absolute atomic E-state index is 13.6. The zero-order valence-corrected chi connectivity index (χ0v) is 20.2. The summed E-state index contributed by atoms with van der Waals surface area (Å²) >= 11 is 0. The first-order chi connectivity index (χ1) is 16.5. The molecule has 2 aromatic rings. The molecule has 0 saturated carbocycles. The second kappa shape index (κ2) is 8.48. The molecule has 0 N–H and O–H groups in total. The predicted octanol–water partition coefficient (Wildman–Crippen LogP) is 2.47. The highest BCUT2D eigenvalue weighted by Crippen LogP contribution is 2.45. The van der Waals surface area contributed by atoms with Crippen LogP contribution in [0.4, 0.5) is 0 Å². The molecule has 4 atom stereocenters. The van der Waals surface area contributed by atoms with E-state index in [2.05, 4.69) is 26.1 Å². The number of aromatic nitrogens is 4. The summed E-state index contributed by atoms with van der Waals surface area (Å²) in [5.41, 5.74) is 3.03. The molecule has 34 heavy (non-hydrogen) atoms. The topological polar surface area (TPSA) is 76.3 Å². The summed E-state index contributed by atoms with van der Waals surface area (Å²) in [7, 11) is 0. The SMILES string of the molecule is Cc1cc(C)n(-c2ccc(=O)n(CC(=O)N3CCCC4=CC5CC(CN6CCCCC56)C43)n2)n1. The van der Waals surface area contributed by atoms with Crippen LogP contribution in [0.2, 0.25) is 0 Å². The molecule has 4 unspecified atom stereocenters. The number of carbonyl (C=O) groups is 1. The van der Waals surface area contributed by atoms with Gasteiger partial charge in [0.25, 0.3) is 5.56 Å². The van der Waals surface area contributed by atoms with Crippen molar-refractivity contribution in [1.29, 1.82) is 0 Å². The van der Waals surface area contributed by atoms with Gasteiger partial charge in [-0.1, -0.05) is 18.1 Å². The van der Waals surface area contributed by atoms with E-state index < -0.39 is 0 Å². The molecule has 3 saturated heterocycles. The summed E-state index contributed by atoms with van der Waals surface area (Å²) in [5.74, 6) is 1.69. The Kier molecular flexibility index (Phi) is 5.43. The van der Waals surface area contributed by atoms with Crippen LogP contribution in [-0.2, 0) is 11.3 Å². The number of carbonyl (C=O) groups excluding carboxylic acids is 1. The van der Waals surface area contributed by atoms with Crippen LogP contribution in [0.15, 0.2) is 34.6 Å². The molecule has 8 heteroatoms. The molecule has 1 aliphatic carbocycles. The molecule has 0 spiro atoms. The summed E-state index contributed by atoms with van der Waals surface area (Å²) in [6.45, 7) is 6.90. The van der Waals surface area contributed by atoms with E-state index >= 15 is 0 Å². The van der Waals surface area contributed by atoms with Gasteiger partial charge in [-0.2, -0.15) is 5.10 Å². The van der Waals surface area contributed by atoms with Gasteiger partial charge in [0.2, 0.25) is 5.91 Å². The number of nitrogens with zero attached hydrogens (tertiary/aromatic N) is 6. The molecule has 2 aromatic heterocycles. The average Bonchev–Trinajstić information content (AvgIpc) is 3.18. The van der Waals surface area contributed by atoms with Gasteiger partial charge >= 0.3 is 0 Å². The summed E-state index contributed by atoms with van der Waals surface area (Å²) in [4.78, 5) is 31.0. The quantitative estimate of drug-likeness (QED) is 0.655. The molecule has 180 valence electrons. The van der Waals surface area contributed by atoms with E-state index in [1.165, 1.54) is 48.5 Å². The van der Waals surface area contributed by atoms with Gasteiger partial charge in [-0.25, -0.2) is 9.36 Å². The van der Waals surface area contributed by atoms with Gasteiger partial charge in [-0.15, -0.1) is 5.10 Å². The smallest absolute Gasteiger partial charge is 0.267 e. The number of amides is 1. The Bertz CT molecular complexity index is 1200. The second-order valence-corrected chi connectivity index (χ2v) is 10.6. The lowest BCUT2D eigenvalue weighted by Crippen LogP contribution is -2.60. The van der Waals surface area contributed by atoms with Crippen molar-refractivity contribution in [1.82, 2.24) is 29.4 Å². The molecule has 8 nitrogen and oxygen atoms in total. The Labute approximate surface area is 200 Å². The van der Waals surface area contributed by atoms with E-state index in [0.717, 1.165) is 37.3 Å². The average molecular weight is 463 g/mol. The molecule has 6 rings (SSSR count). The Morgan fingerprint density at radius 2 is 2.00 bits per heavy atom. The van der Waals surface area contributed by atoms with Crippen molar-refractivity contribution in [3.63, 3.8) is 0 Å². The summed E-state index contributed by atoms with van der Waals surface area (Å²) in [5, 5.41) is 8.98. The fourth-order valence-electron chi connectivity index (χ4n) is 7.00. The van der Waals surface area contributed by atoms with Crippen molar-refractivity contribution in [2.24, 2.45) is 11.8 Å². The lowest BCUT2D eigenvalue weighted by Gasteiger charge is -2.54. The van der Waals surface area contributed by atoms with Gasteiger partial charge in [0, 0.05) is 30.9 Å². The summed E-state index contributed by atoms with van der Waals surface area (Å²) < 4.78 is 3.02. The van der Waals surface area contributed by atoms with Crippen LogP contribution in [0.5, 0.6) is 0 Å². The van der Waals surface area contributed by atoms with Gasteiger partial charge in [0.1, 0.15) is 6.54 Å². The Balaban J connectivity index is 1.26. The highest BCUT2D eigenvalue weighted by atomic mass is 16.2. The Morgan fingerprint density at radius 1 is 1.12 bits per heavy atom. The van der Waals surface area contributed by atoms with Gasteiger partial charge < -0.3 is 4.90 Å². The van der Waals surface area contributed by atoms with E-state index in [0.29, 0.717) is 23.7 Å². The molecule has 1 amide bonds. The standard InChI is InChI=1S/C26H34N6O2/c1-17-12-18(2)32(27-17)23-8-9-24(33)31(28-23)16-25(34)30-11-5-6-19-13-20-14-21(26(19)30)15-29-10-4-3-7-22(20)29/h8-9,12-13,20-22,26H,3-7,10-11,14-16H2,1-2H3. The lowest BCUT2D eigenvalue weighted by molar-refractivity contribution is -0.137. The van der Waals surface area contributed by atoms with Crippen molar-refractivity contribution in [3.8, 4) is 5.82 Å². The monoisotopic (exact) mass is 462 g/mol. The van der Waals surface area contributed by atoms with Crippen LogP contribution >= 0.6 is 0 Å². The summed E-state index contributed by atoms with van der Waals surface area (Å²) in [6.07, 6.45) is 9.75. The molecular formula is C26H34N6O2. The van der Waals surface area contributed by atoms with Crippen LogP contribution in [0.3, 0.4) is 0 Å². The first-order valence-electron chi connectivity index (χ1n) is 12.8. The van der Waals surface area contributed by atoms with E-state index in [1.54, 1.807) is 10.7 Å². The van der Waals surface area contributed by atoms with Crippen molar-refractivity contribution in [2.75, 3.05) is 19.6 Å². The van der Waals surface area contributed by atoms with Crippen LogP contribution in [0.1, 0.15) is 49.9 Å². The molecule has 4 aliphatic rings. The largest absolute Gasteiger partial charge is 0.334 e. The molecule has 2 bridgehead atoms. The van der Waals surface area contributed by atoms with Crippen molar-refractivity contribution < 1.29 is 4.79 Å². The molecule has 3 fully saturated rings. The first kappa shape index (κ1) is 21.8. The normalized spacial score (nSPS) is 28.8. The predicted molar refractivity (Wildman–Crippen MR) is 129 cm³/mol. The van der Waals surface area contributed by atoms with E-state index in [9.17, 15) is 9.59 Å². The molecule has 0 radical (unpaired) electrons. The second-order valence-electron chi connectivity index (χ2n) is 10.6. The third-order valence-electron chi connectivity index (χ3n) is 8.34. The zero-order chi connectivity index (χ0) is 23.4. The van der Waals surface area contributed by atoms with E-state index in [-0.39, 0.29) is 24.1 Å². The van der Waals surface area contributed by atoms with E-state index in [4.69, 9.17) is 0 Å². The number of hydrogen-bond acceptors (Lipinski definition) is 5. The van der Waals surface area contributed by atoms with Crippen molar-refractivity contribution >= 4 is 5.91 Å². The number of hydrogen-bond donors (Lipinski definition) is 0. The minimum absolute atomic E-state index is 0.00469. The molecule has 3 aliphatic heterocycles. The number of aryl methyl sites for hydroxylation is 2. The zero-order valence-electron chi connectivity index (χ0n) is 20.2. The maximum atomic E-state index is 13.6. The minimum Gasteiger partial charge on any atom is -0.334 e. The molecular weight excluding hydrogens is 428 g/mol. The molecule has 5 heterocycles. The van der Waals surface area contributed by atoms with Gasteiger partial charge in [0.05, 0.1) is 11.7 Å². The van der Waals surface area contributed by atoms with Crippen molar-refractivity contribution in [2.45, 2.75) is 71.0 Å². The van der Waals surface area contributed by atoms with Crippen LogP contribution in [0.25, 0.3) is 5.82 Å². The maximum Gasteiger partial charge on any atom is 0.267 e. The summed E-state index contributed by atoms with van der Waals surface area (Å²) in [6, 6.07) is 6.00. The third kappa shape index (κ3) is 3.72. The molecule has 0 aromatic carbocycles. The minimum atomic E-state index is -0.260. The Hall–Kier alpha value is -2.74. The van der Waals surface area contributed by atoms with Gasteiger partial charge in [0.15, 0.2) is 5.82 Å². The number of piperidine rings is 3. The van der Waals surface area contributed by atoms with Gasteiger partial charge in [-0.05, 0) is 76.5 Å². The van der Waals surface area contributed by atoms with Gasteiger partial charge in [-0.3, -0.25) is 14.5 Å².